The van der Waals surface area contributed by atoms with Crippen LogP contribution in [-0.4, -0.2) is 46.4 Å². The first-order valence-corrected chi connectivity index (χ1v) is 9.84. The van der Waals surface area contributed by atoms with Gasteiger partial charge in [-0.1, -0.05) is 0 Å². The molecule has 2 aromatic heterocycles. The molecular weight excluding hydrogens is 360 g/mol. The number of pyridine rings is 1. The number of aromatic nitrogens is 2. The maximum absolute atomic E-state index is 12.2. The summed E-state index contributed by atoms with van der Waals surface area (Å²) in [5, 5.41) is 7.45. The fourth-order valence-electron chi connectivity index (χ4n) is 2.23. The third kappa shape index (κ3) is 4.93. The summed E-state index contributed by atoms with van der Waals surface area (Å²) < 4.78 is 5.77. The summed E-state index contributed by atoms with van der Waals surface area (Å²) in [6.45, 7) is 0. The number of nitrogens with one attached hydrogen (secondary N) is 2. The van der Waals surface area contributed by atoms with E-state index in [4.69, 9.17) is 4.74 Å². The van der Waals surface area contributed by atoms with Crippen molar-refractivity contribution < 1.29 is 14.3 Å². The minimum Gasteiger partial charge on any atom is -0.473 e. The lowest BCUT2D eigenvalue weighted by atomic mass is 10.2. The van der Waals surface area contributed by atoms with E-state index < -0.39 is 0 Å². The summed E-state index contributed by atoms with van der Waals surface area (Å²) in [6.07, 6.45) is 2.91. The number of hydrogen-bond donors (Lipinski definition) is 2. The van der Waals surface area contributed by atoms with E-state index in [2.05, 4.69) is 20.6 Å². The Balaban J connectivity index is 1.56. The average Bonchev–Trinajstić information content (AvgIpc) is 3.27. The van der Waals surface area contributed by atoms with Gasteiger partial charge in [0.1, 0.15) is 6.10 Å². The Labute approximate surface area is 153 Å². The number of ether oxygens (including phenoxy) is 1. The maximum atomic E-state index is 12.2. The molecule has 1 aliphatic rings. The fraction of sp³-hybridized carbons (Fsp3) is 0.375. The molecule has 0 radical (unpaired) electrons. The molecule has 1 saturated heterocycles. The smallest absolute Gasteiger partial charge is 0.259 e. The van der Waals surface area contributed by atoms with Crippen molar-refractivity contribution in [2.45, 2.75) is 18.9 Å². The van der Waals surface area contributed by atoms with E-state index in [1.165, 1.54) is 17.5 Å². The van der Waals surface area contributed by atoms with Crippen LogP contribution in [0.1, 0.15) is 22.5 Å². The van der Waals surface area contributed by atoms with E-state index in [1.807, 2.05) is 11.8 Å². The minimum absolute atomic E-state index is 0.122. The number of carbonyl (C=O) groups excluding carboxylic acids is 2. The molecule has 0 aliphatic carbocycles. The van der Waals surface area contributed by atoms with Crippen LogP contribution in [0.25, 0.3) is 0 Å². The molecule has 0 saturated carbocycles. The van der Waals surface area contributed by atoms with Crippen LogP contribution in [0.4, 0.5) is 5.13 Å². The van der Waals surface area contributed by atoms with Crippen LogP contribution in [0.5, 0.6) is 5.88 Å². The molecule has 1 aliphatic heterocycles. The Morgan fingerprint density at radius 3 is 2.96 bits per heavy atom. The Kier molecular flexibility index (Phi) is 5.87. The normalized spacial score (nSPS) is 16.4. The van der Waals surface area contributed by atoms with Gasteiger partial charge in [0.2, 0.25) is 11.8 Å². The second-order valence-corrected chi connectivity index (χ2v) is 7.44. The number of thioether (sulfide) groups is 1. The third-order valence-corrected chi connectivity index (χ3v) is 5.50. The van der Waals surface area contributed by atoms with Crippen LogP contribution in [0, 0.1) is 0 Å². The van der Waals surface area contributed by atoms with Gasteiger partial charge in [-0.3, -0.25) is 14.9 Å². The zero-order valence-corrected chi connectivity index (χ0v) is 15.3. The highest BCUT2D eigenvalue weighted by Crippen LogP contribution is 2.22. The van der Waals surface area contributed by atoms with Crippen molar-refractivity contribution >= 4 is 40.0 Å². The minimum atomic E-state index is -0.295. The number of nitrogens with zero attached hydrogens (tertiary/aromatic N) is 2. The van der Waals surface area contributed by atoms with Gasteiger partial charge in [-0.2, -0.15) is 11.8 Å². The van der Waals surface area contributed by atoms with Crippen molar-refractivity contribution in [3.8, 4) is 5.88 Å². The number of thiazole rings is 1. The third-order valence-electron chi connectivity index (χ3n) is 3.57. The lowest BCUT2D eigenvalue weighted by Crippen LogP contribution is -2.20. The molecule has 7 nitrogen and oxygen atoms in total. The first-order chi connectivity index (χ1) is 12.1. The topological polar surface area (TPSA) is 93.2 Å². The molecule has 2 aromatic rings. The van der Waals surface area contributed by atoms with E-state index in [9.17, 15) is 9.59 Å². The van der Waals surface area contributed by atoms with Crippen LogP contribution in [0.2, 0.25) is 0 Å². The quantitative estimate of drug-likeness (QED) is 0.798. The van der Waals surface area contributed by atoms with Gasteiger partial charge in [0, 0.05) is 30.4 Å². The molecule has 1 fully saturated rings. The van der Waals surface area contributed by atoms with Gasteiger partial charge in [0.05, 0.1) is 17.7 Å². The number of anilines is 1. The highest BCUT2D eigenvalue weighted by atomic mass is 32.2. The Morgan fingerprint density at radius 2 is 2.28 bits per heavy atom. The SMILES string of the molecule is CNC(=O)Cc1csc(NC(=O)c2ccc(O[C@@H]3CCSC3)nc2)n1. The highest BCUT2D eigenvalue weighted by Gasteiger charge is 2.18. The number of carbonyl (C=O) groups is 2. The number of rotatable bonds is 6. The van der Waals surface area contributed by atoms with E-state index in [-0.39, 0.29) is 24.3 Å². The maximum Gasteiger partial charge on any atom is 0.259 e. The van der Waals surface area contributed by atoms with Crippen molar-refractivity contribution in [1.82, 2.24) is 15.3 Å². The zero-order valence-electron chi connectivity index (χ0n) is 13.7. The van der Waals surface area contributed by atoms with Crippen LogP contribution < -0.4 is 15.4 Å². The van der Waals surface area contributed by atoms with Crippen LogP contribution >= 0.6 is 23.1 Å². The number of hydrogen-bond acceptors (Lipinski definition) is 7. The molecule has 0 aromatic carbocycles. The number of amides is 2. The van der Waals surface area contributed by atoms with Crippen LogP contribution in [-0.2, 0) is 11.2 Å². The van der Waals surface area contributed by atoms with Crippen molar-refractivity contribution in [1.29, 1.82) is 0 Å². The van der Waals surface area contributed by atoms with Gasteiger partial charge >= 0.3 is 0 Å². The molecule has 0 unspecified atom stereocenters. The van der Waals surface area contributed by atoms with Gasteiger partial charge in [-0.05, 0) is 18.2 Å². The van der Waals surface area contributed by atoms with Gasteiger partial charge < -0.3 is 10.1 Å². The molecule has 1 atom stereocenters. The van der Waals surface area contributed by atoms with Gasteiger partial charge in [-0.15, -0.1) is 11.3 Å². The monoisotopic (exact) mass is 378 g/mol. The van der Waals surface area contributed by atoms with E-state index in [0.29, 0.717) is 22.3 Å². The summed E-state index contributed by atoms with van der Waals surface area (Å²) in [6, 6.07) is 3.38. The Hall–Kier alpha value is -2.13. The standard InChI is InChI=1S/C16H18N4O3S2/c1-17-13(21)6-11-8-25-16(19-11)20-15(22)10-2-3-14(18-7-10)23-12-4-5-24-9-12/h2-3,7-8,12H,4-6,9H2,1H3,(H,17,21)(H,19,20,22)/t12-/m1/s1. The summed E-state index contributed by atoms with van der Waals surface area (Å²) >= 11 is 3.15. The predicted molar refractivity (Wildman–Crippen MR) is 98.4 cm³/mol. The Morgan fingerprint density at radius 1 is 1.40 bits per heavy atom. The molecule has 2 N–H and O–H groups in total. The van der Waals surface area contributed by atoms with Gasteiger partial charge in [0.25, 0.3) is 5.91 Å². The van der Waals surface area contributed by atoms with Crippen molar-refractivity contribution in [2.75, 3.05) is 23.9 Å². The van der Waals surface area contributed by atoms with Crippen molar-refractivity contribution in [3.05, 3.63) is 35.0 Å². The lowest BCUT2D eigenvalue weighted by molar-refractivity contribution is -0.120. The molecule has 3 heterocycles. The van der Waals surface area contributed by atoms with Gasteiger partial charge in [-0.25, -0.2) is 9.97 Å². The van der Waals surface area contributed by atoms with Gasteiger partial charge in [0.15, 0.2) is 5.13 Å². The molecule has 0 bridgehead atoms. The highest BCUT2D eigenvalue weighted by molar-refractivity contribution is 7.99. The predicted octanol–water partition coefficient (Wildman–Crippen LogP) is 1.96. The molecule has 3 rings (SSSR count). The zero-order chi connectivity index (χ0) is 17.6. The summed E-state index contributed by atoms with van der Waals surface area (Å²) in [5.74, 6) is 2.21. The van der Waals surface area contributed by atoms with Crippen molar-refractivity contribution in [3.63, 3.8) is 0 Å². The first-order valence-electron chi connectivity index (χ1n) is 7.81. The van der Waals surface area contributed by atoms with Crippen LogP contribution in [0.3, 0.4) is 0 Å². The number of likely N-dealkylation sites (N-methyl/N-ethyl adjacent to an activating group) is 1. The fourth-order valence-corrected chi connectivity index (χ4v) is 4.03. The molecule has 9 heteroatoms. The summed E-state index contributed by atoms with van der Waals surface area (Å²) in [7, 11) is 1.57. The van der Waals surface area contributed by atoms with Crippen LogP contribution in [0.15, 0.2) is 23.7 Å². The molecule has 0 spiro atoms. The first kappa shape index (κ1) is 17.7. The molecule has 2 amide bonds. The molecular formula is C16H18N4O3S2. The largest absolute Gasteiger partial charge is 0.473 e. The second kappa shape index (κ2) is 8.30. The summed E-state index contributed by atoms with van der Waals surface area (Å²) in [4.78, 5) is 32.0. The lowest BCUT2D eigenvalue weighted by Gasteiger charge is -2.11. The molecule has 132 valence electrons. The molecule has 25 heavy (non-hydrogen) atoms. The van der Waals surface area contributed by atoms with E-state index in [1.54, 1.807) is 24.6 Å². The average molecular weight is 378 g/mol. The summed E-state index contributed by atoms with van der Waals surface area (Å²) in [5.41, 5.74) is 1.05. The van der Waals surface area contributed by atoms with E-state index >= 15 is 0 Å². The Bertz CT molecular complexity index is 742. The second-order valence-electron chi connectivity index (χ2n) is 5.44. The van der Waals surface area contributed by atoms with Crippen molar-refractivity contribution in [2.24, 2.45) is 0 Å². The van der Waals surface area contributed by atoms with E-state index in [0.717, 1.165) is 17.9 Å².